The average Bonchev–Trinajstić information content (AvgIpc) is 2.67. The second-order valence-electron chi connectivity index (χ2n) is 6.15. The van der Waals surface area contributed by atoms with E-state index in [0.29, 0.717) is 6.04 Å². The number of nitrogens with zero attached hydrogens (tertiary/aromatic N) is 3. The minimum absolute atomic E-state index is 0. The number of nitrogens with one attached hydrogen (secondary N) is 2. The van der Waals surface area contributed by atoms with Gasteiger partial charge >= 0.3 is 0 Å². The number of hydrogen-bond donors (Lipinski definition) is 2. The van der Waals surface area contributed by atoms with Crippen LogP contribution in [0.4, 0.5) is 5.82 Å². The van der Waals surface area contributed by atoms with Crippen LogP contribution in [0.1, 0.15) is 18.4 Å². The molecule has 0 bridgehead atoms. The van der Waals surface area contributed by atoms with Crippen molar-refractivity contribution < 1.29 is 0 Å². The lowest BCUT2D eigenvalue weighted by molar-refractivity contribution is 0.459. The predicted molar refractivity (Wildman–Crippen MR) is 122 cm³/mol. The molecule has 2 aromatic rings. The summed E-state index contributed by atoms with van der Waals surface area (Å²) >= 11 is 3.46. The fourth-order valence-electron chi connectivity index (χ4n) is 2.97. The van der Waals surface area contributed by atoms with Crippen LogP contribution in [-0.2, 0) is 6.54 Å². The molecular formula is C19H25BrIN5. The summed E-state index contributed by atoms with van der Waals surface area (Å²) < 4.78 is 1.10. The molecule has 5 nitrogen and oxygen atoms in total. The fourth-order valence-corrected chi connectivity index (χ4v) is 3.23. The first-order valence-corrected chi connectivity index (χ1v) is 9.41. The van der Waals surface area contributed by atoms with Crippen molar-refractivity contribution in [1.29, 1.82) is 0 Å². The third kappa shape index (κ3) is 6.12. The van der Waals surface area contributed by atoms with Crippen LogP contribution in [0.3, 0.4) is 0 Å². The van der Waals surface area contributed by atoms with Crippen molar-refractivity contribution in [3.63, 3.8) is 0 Å². The average molecular weight is 530 g/mol. The predicted octanol–water partition coefficient (Wildman–Crippen LogP) is 3.80. The van der Waals surface area contributed by atoms with E-state index in [1.165, 1.54) is 5.56 Å². The number of guanidine groups is 1. The summed E-state index contributed by atoms with van der Waals surface area (Å²) in [5, 5.41) is 6.93. The summed E-state index contributed by atoms with van der Waals surface area (Å²) in [6.45, 7) is 2.79. The van der Waals surface area contributed by atoms with E-state index in [1.54, 1.807) is 0 Å². The van der Waals surface area contributed by atoms with Crippen LogP contribution in [0.15, 0.2) is 58.1 Å². The molecule has 140 valence electrons. The Morgan fingerprint density at radius 3 is 2.54 bits per heavy atom. The second-order valence-corrected chi connectivity index (χ2v) is 7.06. The highest BCUT2D eigenvalue weighted by Gasteiger charge is 2.20. The minimum atomic E-state index is 0. The lowest BCUT2D eigenvalue weighted by Crippen LogP contribution is -2.48. The van der Waals surface area contributed by atoms with E-state index >= 15 is 0 Å². The van der Waals surface area contributed by atoms with E-state index in [0.717, 1.165) is 48.7 Å². The summed E-state index contributed by atoms with van der Waals surface area (Å²) in [6, 6.07) is 14.8. The Hall–Kier alpha value is -1.35. The highest BCUT2D eigenvalue weighted by atomic mass is 127. The Morgan fingerprint density at radius 2 is 1.92 bits per heavy atom. The van der Waals surface area contributed by atoms with Crippen molar-refractivity contribution >= 4 is 51.7 Å². The highest BCUT2D eigenvalue weighted by Crippen LogP contribution is 2.17. The normalized spacial score (nSPS) is 15.3. The van der Waals surface area contributed by atoms with Gasteiger partial charge in [-0.1, -0.05) is 34.1 Å². The fraction of sp³-hybridized carbons (Fsp3) is 0.368. The van der Waals surface area contributed by atoms with Gasteiger partial charge in [-0.25, -0.2) is 4.98 Å². The molecule has 0 unspecified atom stereocenters. The van der Waals surface area contributed by atoms with Gasteiger partial charge in [-0.3, -0.25) is 4.99 Å². The SMILES string of the molecule is CN=C(NCc1ccc(Br)cc1)NC1CCN(c2ccccn2)CC1.I. The quantitative estimate of drug-likeness (QED) is 0.359. The Balaban J connectivity index is 0.00000243. The van der Waals surface area contributed by atoms with Crippen molar-refractivity contribution in [1.82, 2.24) is 15.6 Å². The number of hydrogen-bond acceptors (Lipinski definition) is 3. The van der Waals surface area contributed by atoms with Crippen molar-refractivity contribution in [2.75, 3.05) is 25.0 Å². The maximum Gasteiger partial charge on any atom is 0.191 e. The second kappa shape index (κ2) is 10.7. The summed E-state index contributed by atoms with van der Waals surface area (Å²) in [5.41, 5.74) is 1.23. The van der Waals surface area contributed by atoms with Crippen LogP contribution < -0.4 is 15.5 Å². The monoisotopic (exact) mass is 529 g/mol. The van der Waals surface area contributed by atoms with Gasteiger partial charge in [-0.15, -0.1) is 24.0 Å². The van der Waals surface area contributed by atoms with Crippen LogP contribution in [0.2, 0.25) is 0 Å². The summed E-state index contributed by atoms with van der Waals surface area (Å²) in [6.07, 6.45) is 4.01. The van der Waals surface area contributed by atoms with E-state index < -0.39 is 0 Å². The highest BCUT2D eigenvalue weighted by molar-refractivity contribution is 14.0. The lowest BCUT2D eigenvalue weighted by atomic mass is 10.1. The zero-order valence-corrected chi connectivity index (χ0v) is 18.8. The van der Waals surface area contributed by atoms with Gasteiger partial charge in [-0.05, 0) is 42.7 Å². The Bertz CT molecular complexity index is 685. The molecule has 0 aliphatic carbocycles. The number of aliphatic imine (C=N–C) groups is 1. The Labute approximate surface area is 180 Å². The molecule has 0 amide bonds. The van der Waals surface area contributed by atoms with Gasteiger partial charge in [0.2, 0.25) is 0 Å². The summed E-state index contributed by atoms with van der Waals surface area (Å²) in [7, 11) is 1.82. The molecule has 1 fully saturated rings. The first-order valence-electron chi connectivity index (χ1n) is 8.62. The number of halogens is 2. The molecule has 1 aromatic heterocycles. The molecule has 0 saturated carbocycles. The topological polar surface area (TPSA) is 52.6 Å². The van der Waals surface area contributed by atoms with Crippen LogP contribution in [0.5, 0.6) is 0 Å². The largest absolute Gasteiger partial charge is 0.356 e. The molecule has 2 heterocycles. The maximum absolute atomic E-state index is 4.44. The number of rotatable bonds is 4. The van der Waals surface area contributed by atoms with Gasteiger partial charge < -0.3 is 15.5 Å². The molecule has 1 aromatic carbocycles. The van der Waals surface area contributed by atoms with Gasteiger partial charge in [0.15, 0.2) is 5.96 Å². The smallest absolute Gasteiger partial charge is 0.191 e. The number of benzene rings is 1. The zero-order chi connectivity index (χ0) is 17.5. The van der Waals surface area contributed by atoms with Crippen LogP contribution in [0.25, 0.3) is 0 Å². The molecule has 1 saturated heterocycles. The molecule has 0 atom stereocenters. The van der Waals surface area contributed by atoms with Crippen molar-refractivity contribution in [2.24, 2.45) is 4.99 Å². The van der Waals surface area contributed by atoms with E-state index in [-0.39, 0.29) is 24.0 Å². The molecule has 0 radical (unpaired) electrons. The standard InChI is InChI=1S/C19H24BrN5.HI/c1-21-19(23-14-15-5-7-16(20)8-6-15)24-17-9-12-25(13-10-17)18-4-2-3-11-22-18;/h2-8,11,17H,9-10,12-14H2,1H3,(H2,21,23,24);1H. The van der Waals surface area contributed by atoms with Crippen LogP contribution >= 0.6 is 39.9 Å². The van der Waals surface area contributed by atoms with Gasteiger partial charge in [0.1, 0.15) is 5.82 Å². The molecule has 1 aliphatic rings. The van der Waals surface area contributed by atoms with E-state index in [4.69, 9.17) is 0 Å². The van der Waals surface area contributed by atoms with Gasteiger partial charge in [0.05, 0.1) is 0 Å². The van der Waals surface area contributed by atoms with Crippen LogP contribution in [0, 0.1) is 0 Å². The third-order valence-corrected chi connectivity index (χ3v) is 4.93. The first-order chi connectivity index (χ1) is 12.2. The number of pyridine rings is 1. The van der Waals surface area contributed by atoms with Crippen molar-refractivity contribution in [3.8, 4) is 0 Å². The Kier molecular flexibility index (Phi) is 8.64. The van der Waals surface area contributed by atoms with E-state index in [2.05, 4.69) is 71.8 Å². The van der Waals surface area contributed by atoms with Gasteiger partial charge in [0, 0.05) is 43.4 Å². The minimum Gasteiger partial charge on any atom is -0.356 e. The van der Waals surface area contributed by atoms with Gasteiger partial charge in [0.25, 0.3) is 0 Å². The molecule has 26 heavy (non-hydrogen) atoms. The lowest BCUT2D eigenvalue weighted by Gasteiger charge is -2.33. The molecule has 3 rings (SSSR count). The first kappa shape index (κ1) is 21.0. The molecule has 0 spiro atoms. The van der Waals surface area contributed by atoms with Crippen LogP contribution in [-0.4, -0.2) is 37.1 Å². The molecular weight excluding hydrogens is 505 g/mol. The molecule has 7 heteroatoms. The maximum atomic E-state index is 4.44. The number of piperidine rings is 1. The van der Waals surface area contributed by atoms with Crippen molar-refractivity contribution in [2.45, 2.75) is 25.4 Å². The van der Waals surface area contributed by atoms with E-state index in [1.807, 2.05) is 25.4 Å². The Morgan fingerprint density at radius 1 is 1.19 bits per heavy atom. The third-order valence-electron chi connectivity index (χ3n) is 4.41. The number of anilines is 1. The van der Waals surface area contributed by atoms with Gasteiger partial charge in [-0.2, -0.15) is 0 Å². The summed E-state index contributed by atoms with van der Waals surface area (Å²) in [5.74, 6) is 1.93. The van der Waals surface area contributed by atoms with E-state index in [9.17, 15) is 0 Å². The molecule has 2 N–H and O–H groups in total. The summed E-state index contributed by atoms with van der Waals surface area (Å²) in [4.78, 5) is 11.1. The number of aromatic nitrogens is 1. The molecule has 1 aliphatic heterocycles. The zero-order valence-electron chi connectivity index (χ0n) is 14.9. The van der Waals surface area contributed by atoms with Crippen molar-refractivity contribution in [3.05, 3.63) is 58.7 Å².